The lowest BCUT2D eigenvalue weighted by Crippen LogP contribution is -2.34. The molecule has 4 rings (SSSR count). The molecule has 4 nitrogen and oxygen atoms in total. The zero-order valence-corrected chi connectivity index (χ0v) is 14.4. The predicted molar refractivity (Wildman–Crippen MR) is 93.5 cm³/mol. The van der Waals surface area contributed by atoms with Gasteiger partial charge >= 0.3 is 0 Å². The van der Waals surface area contributed by atoms with Gasteiger partial charge in [0.25, 0.3) is 0 Å². The van der Waals surface area contributed by atoms with Crippen molar-refractivity contribution in [2.75, 3.05) is 25.1 Å². The third-order valence-electron chi connectivity index (χ3n) is 4.90. The van der Waals surface area contributed by atoms with Crippen LogP contribution in [0, 0.1) is 5.92 Å². The molecule has 0 N–H and O–H groups in total. The van der Waals surface area contributed by atoms with Gasteiger partial charge in [-0.15, -0.1) is 10.2 Å². The number of aromatic nitrogens is 2. The predicted octanol–water partition coefficient (Wildman–Crippen LogP) is 3.88. The number of rotatable bonds is 5. The zero-order chi connectivity index (χ0) is 15.6. The van der Waals surface area contributed by atoms with E-state index in [1.807, 2.05) is 17.4 Å². The van der Waals surface area contributed by atoms with E-state index in [9.17, 15) is 0 Å². The van der Waals surface area contributed by atoms with E-state index in [2.05, 4.69) is 33.3 Å². The Balaban J connectivity index is 1.33. The molecular weight excluding hydrogens is 306 g/mol. The molecule has 0 radical (unpaired) electrons. The number of benzene rings is 1. The van der Waals surface area contributed by atoms with Crippen LogP contribution < -0.4 is 9.64 Å². The Morgan fingerprint density at radius 2 is 2.00 bits per heavy atom. The fourth-order valence-electron chi connectivity index (χ4n) is 3.31. The van der Waals surface area contributed by atoms with Gasteiger partial charge in [0.2, 0.25) is 5.13 Å². The summed E-state index contributed by atoms with van der Waals surface area (Å²) in [5.41, 5.74) is 1.38. The van der Waals surface area contributed by atoms with Crippen LogP contribution in [0.15, 0.2) is 24.3 Å². The van der Waals surface area contributed by atoms with Crippen LogP contribution in [0.4, 0.5) is 5.13 Å². The monoisotopic (exact) mass is 329 g/mol. The molecule has 1 saturated carbocycles. The quantitative estimate of drug-likeness (QED) is 0.834. The maximum Gasteiger partial charge on any atom is 0.208 e. The molecule has 1 saturated heterocycles. The van der Waals surface area contributed by atoms with Crippen LogP contribution in [0.25, 0.3) is 0 Å². The molecule has 5 heteroatoms. The summed E-state index contributed by atoms with van der Waals surface area (Å²) < 4.78 is 5.32. The Hall–Kier alpha value is -1.62. The van der Waals surface area contributed by atoms with Crippen LogP contribution in [0.2, 0.25) is 0 Å². The van der Waals surface area contributed by atoms with E-state index in [-0.39, 0.29) is 0 Å². The molecule has 2 aliphatic rings. The molecule has 1 aromatic heterocycles. The van der Waals surface area contributed by atoms with Gasteiger partial charge in [0.05, 0.1) is 7.11 Å². The van der Waals surface area contributed by atoms with Crippen molar-refractivity contribution in [2.45, 2.75) is 38.0 Å². The average Bonchev–Trinajstić information content (AvgIpc) is 3.33. The fourth-order valence-corrected chi connectivity index (χ4v) is 4.38. The second kappa shape index (κ2) is 6.48. The summed E-state index contributed by atoms with van der Waals surface area (Å²) in [4.78, 5) is 2.42. The number of ether oxygens (including phenoxy) is 1. The summed E-state index contributed by atoms with van der Waals surface area (Å²) >= 11 is 1.81. The Morgan fingerprint density at radius 3 is 2.74 bits per heavy atom. The highest BCUT2D eigenvalue weighted by atomic mass is 32.1. The van der Waals surface area contributed by atoms with Crippen molar-refractivity contribution in [1.29, 1.82) is 0 Å². The SMILES string of the molecule is COc1cccc(CC2CCN(c3nnc(C4CC4)s3)CC2)c1. The number of methoxy groups -OCH3 is 1. The van der Waals surface area contributed by atoms with Crippen molar-refractivity contribution in [3.63, 3.8) is 0 Å². The van der Waals surface area contributed by atoms with Crippen LogP contribution in [0.1, 0.15) is 42.2 Å². The molecule has 1 aliphatic carbocycles. The van der Waals surface area contributed by atoms with Gasteiger partial charge in [-0.05, 0) is 55.7 Å². The van der Waals surface area contributed by atoms with Crippen molar-refractivity contribution in [1.82, 2.24) is 10.2 Å². The van der Waals surface area contributed by atoms with Gasteiger partial charge < -0.3 is 9.64 Å². The van der Waals surface area contributed by atoms with E-state index < -0.39 is 0 Å². The van der Waals surface area contributed by atoms with E-state index in [0.29, 0.717) is 5.92 Å². The lowest BCUT2D eigenvalue weighted by Gasteiger charge is -2.31. The fraction of sp³-hybridized carbons (Fsp3) is 0.556. The first-order chi connectivity index (χ1) is 11.3. The first-order valence-corrected chi connectivity index (χ1v) is 9.35. The number of nitrogens with zero attached hydrogens (tertiary/aromatic N) is 3. The smallest absolute Gasteiger partial charge is 0.208 e. The topological polar surface area (TPSA) is 38.2 Å². The van der Waals surface area contributed by atoms with Crippen LogP contribution in [0.5, 0.6) is 5.75 Å². The van der Waals surface area contributed by atoms with Gasteiger partial charge in [0.15, 0.2) is 0 Å². The minimum atomic E-state index is 0.715. The maximum atomic E-state index is 5.32. The summed E-state index contributed by atoms with van der Waals surface area (Å²) in [5, 5.41) is 11.2. The van der Waals surface area contributed by atoms with Crippen LogP contribution in [0.3, 0.4) is 0 Å². The van der Waals surface area contributed by atoms with Gasteiger partial charge in [-0.25, -0.2) is 0 Å². The molecule has 0 amide bonds. The van der Waals surface area contributed by atoms with Crippen molar-refractivity contribution in [3.8, 4) is 5.75 Å². The standard InChI is InChI=1S/C18H23N3OS/c1-22-16-4-2-3-14(12-16)11-13-7-9-21(10-8-13)18-20-19-17(23-18)15-5-6-15/h2-4,12-13,15H,5-11H2,1H3. The minimum Gasteiger partial charge on any atom is -0.497 e. The second-order valence-electron chi connectivity index (χ2n) is 6.68. The first kappa shape index (κ1) is 14.9. The first-order valence-electron chi connectivity index (χ1n) is 8.53. The van der Waals surface area contributed by atoms with E-state index in [4.69, 9.17) is 4.74 Å². The molecule has 2 aromatic rings. The number of hydrogen-bond donors (Lipinski definition) is 0. The molecule has 0 atom stereocenters. The second-order valence-corrected chi connectivity index (χ2v) is 7.67. The van der Waals surface area contributed by atoms with Gasteiger partial charge in [-0.2, -0.15) is 0 Å². The lowest BCUT2D eigenvalue weighted by molar-refractivity contribution is 0.398. The lowest BCUT2D eigenvalue weighted by atomic mass is 9.90. The summed E-state index contributed by atoms with van der Waals surface area (Å²) in [6.07, 6.45) is 6.22. The Kier molecular flexibility index (Phi) is 4.21. The largest absolute Gasteiger partial charge is 0.497 e. The zero-order valence-electron chi connectivity index (χ0n) is 13.6. The molecule has 23 heavy (non-hydrogen) atoms. The van der Waals surface area contributed by atoms with E-state index in [0.717, 1.165) is 36.3 Å². The maximum absolute atomic E-state index is 5.32. The number of piperidine rings is 1. The molecule has 0 bridgehead atoms. The van der Waals surface area contributed by atoms with Gasteiger partial charge in [-0.1, -0.05) is 23.5 Å². The van der Waals surface area contributed by atoms with Crippen molar-refractivity contribution < 1.29 is 4.74 Å². The summed E-state index contributed by atoms with van der Waals surface area (Å²) in [5.74, 6) is 2.43. The molecule has 0 spiro atoms. The van der Waals surface area contributed by atoms with Crippen molar-refractivity contribution in [2.24, 2.45) is 5.92 Å². The molecule has 0 unspecified atom stereocenters. The molecule has 1 aromatic carbocycles. The molecule has 2 fully saturated rings. The van der Waals surface area contributed by atoms with Crippen LogP contribution >= 0.6 is 11.3 Å². The van der Waals surface area contributed by atoms with Gasteiger partial charge in [0.1, 0.15) is 10.8 Å². The third kappa shape index (κ3) is 3.50. The van der Waals surface area contributed by atoms with Crippen LogP contribution in [-0.4, -0.2) is 30.4 Å². The molecule has 2 heterocycles. The molecule has 122 valence electrons. The van der Waals surface area contributed by atoms with E-state index in [1.165, 1.54) is 36.3 Å². The van der Waals surface area contributed by atoms with E-state index >= 15 is 0 Å². The van der Waals surface area contributed by atoms with Crippen molar-refractivity contribution >= 4 is 16.5 Å². The number of hydrogen-bond acceptors (Lipinski definition) is 5. The molecule has 1 aliphatic heterocycles. The highest BCUT2D eigenvalue weighted by molar-refractivity contribution is 7.15. The summed E-state index contributed by atoms with van der Waals surface area (Å²) in [7, 11) is 1.73. The van der Waals surface area contributed by atoms with Gasteiger partial charge in [0, 0.05) is 19.0 Å². The average molecular weight is 329 g/mol. The van der Waals surface area contributed by atoms with Gasteiger partial charge in [-0.3, -0.25) is 0 Å². The van der Waals surface area contributed by atoms with Crippen LogP contribution in [-0.2, 0) is 6.42 Å². The third-order valence-corrected chi connectivity index (χ3v) is 6.05. The van der Waals surface area contributed by atoms with Crippen molar-refractivity contribution in [3.05, 3.63) is 34.8 Å². The van der Waals surface area contributed by atoms with E-state index in [1.54, 1.807) is 7.11 Å². The highest BCUT2D eigenvalue weighted by Gasteiger charge is 2.29. The Bertz CT molecular complexity index is 660. The Morgan fingerprint density at radius 1 is 1.17 bits per heavy atom. The normalized spacial score (nSPS) is 19.1. The minimum absolute atomic E-state index is 0.715. The highest BCUT2D eigenvalue weighted by Crippen LogP contribution is 2.43. The number of anilines is 1. The summed E-state index contributed by atoms with van der Waals surface area (Å²) in [6.45, 7) is 2.21. The molecular formula is C18H23N3OS. The Labute approximate surface area is 141 Å². The summed E-state index contributed by atoms with van der Waals surface area (Å²) in [6, 6.07) is 8.48.